The van der Waals surface area contributed by atoms with Crippen molar-refractivity contribution in [3.05, 3.63) is 27.9 Å². The van der Waals surface area contributed by atoms with Gasteiger partial charge in [-0.25, -0.2) is 14.6 Å². The van der Waals surface area contributed by atoms with Crippen molar-refractivity contribution >= 4 is 98.6 Å². The Morgan fingerprint density at radius 3 is 2.68 bits per heavy atom. The van der Waals surface area contributed by atoms with E-state index < -0.39 is 46.5 Å². The fourth-order valence-corrected chi connectivity index (χ4v) is 8.53. The van der Waals surface area contributed by atoms with Crippen LogP contribution in [0.15, 0.2) is 31.0 Å². The first-order valence-electron chi connectivity index (χ1n) is 12.1. The number of carboxylic acids is 2. The summed E-state index contributed by atoms with van der Waals surface area (Å²) in [6.45, 7) is 2.46. The number of nitriles is 1. The van der Waals surface area contributed by atoms with Gasteiger partial charge in [0, 0.05) is 16.9 Å². The Kier molecular flexibility index (Phi) is 10.1. The lowest BCUT2D eigenvalue weighted by molar-refractivity contribution is -0.161. The Morgan fingerprint density at radius 1 is 1.36 bits per heavy atom. The summed E-state index contributed by atoms with van der Waals surface area (Å²) >= 11 is 5.69. The van der Waals surface area contributed by atoms with Crippen LogP contribution in [0.2, 0.25) is 0 Å². The highest BCUT2D eigenvalue weighted by atomic mass is 32.2. The topological polar surface area (TPSA) is 271 Å². The molecule has 44 heavy (non-hydrogen) atoms. The van der Waals surface area contributed by atoms with Crippen molar-refractivity contribution in [1.82, 2.24) is 19.6 Å². The summed E-state index contributed by atoms with van der Waals surface area (Å²) in [5, 5.41) is 43.8. The van der Waals surface area contributed by atoms with Crippen molar-refractivity contribution in [2.75, 3.05) is 23.0 Å². The van der Waals surface area contributed by atoms with Gasteiger partial charge >= 0.3 is 11.9 Å². The molecule has 0 bridgehead atoms. The number of aromatic nitrogens is 2. The Bertz CT molecular complexity index is 1640. The third-order valence-corrected chi connectivity index (χ3v) is 11.2. The molecule has 8 N–H and O–H groups in total. The number of nitrogens with zero attached hydrogens (tertiary/aromatic N) is 5. The van der Waals surface area contributed by atoms with Gasteiger partial charge in [0.2, 0.25) is 5.60 Å². The standard InChI is InChI=1S/C23H23N9O7S5/c1-23(2,21(37)38)39-30-12(10-6-43-22(27)28-10)15(33)29-13-17(34)32-14(19(35)36)8(4-41-18(13)32)5-42-20-9(3-24)16(31-44-20)40-7-11(25)26/h6,13,18H,4-5,7H2,1-2H3,(H3,25,26)(H2,27,28)(H,29,33)(H,35,36)(H,37,38)/b30-12-/t13-,18+/m1/s1. The van der Waals surface area contributed by atoms with E-state index in [1.54, 1.807) is 0 Å². The zero-order valence-electron chi connectivity index (χ0n) is 22.7. The lowest BCUT2D eigenvalue weighted by Crippen LogP contribution is -2.71. The Balaban J connectivity index is 1.50. The predicted molar refractivity (Wildman–Crippen MR) is 166 cm³/mol. The average molecular weight is 698 g/mol. The van der Waals surface area contributed by atoms with Crippen molar-refractivity contribution in [2.24, 2.45) is 10.9 Å². The number of amides is 2. The van der Waals surface area contributed by atoms with Crippen LogP contribution < -0.4 is 16.8 Å². The van der Waals surface area contributed by atoms with E-state index in [-0.39, 0.29) is 39.6 Å². The second-order valence-electron chi connectivity index (χ2n) is 9.40. The number of hydrogen-bond acceptors (Lipinski definition) is 16. The number of thioether (sulfide) groups is 3. The molecule has 2 aromatic rings. The van der Waals surface area contributed by atoms with Crippen LogP contribution in [0.1, 0.15) is 25.1 Å². The largest absolute Gasteiger partial charge is 0.478 e. The third-order valence-electron chi connectivity index (χ3n) is 5.88. The van der Waals surface area contributed by atoms with Gasteiger partial charge in [0.05, 0.1) is 9.96 Å². The molecular formula is C23H23N9O7S5. The van der Waals surface area contributed by atoms with Crippen LogP contribution in [-0.4, -0.2) is 94.0 Å². The number of rotatable bonds is 13. The van der Waals surface area contributed by atoms with Gasteiger partial charge in [-0.1, -0.05) is 16.9 Å². The van der Waals surface area contributed by atoms with E-state index in [1.165, 1.54) is 42.8 Å². The summed E-state index contributed by atoms with van der Waals surface area (Å²) < 4.78 is 4.81. The van der Waals surface area contributed by atoms with Crippen LogP contribution in [0.5, 0.6) is 0 Å². The molecule has 4 rings (SSSR count). The maximum atomic E-state index is 13.2. The highest BCUT2D eigenvalue weighted by Gasteiger charge is 2.54. The SMILES string of the molecule is CC(C)(O/N=C(\C(=O)N[C@@H]1C(=O)N2C(C(=O)O)=C(CSc3snc(SCC(=N)N)c3C#N)CS[C@@H]12)c1csc(N)n1)C(=O)O. The van der Waals surface area contributed by atoms with Crippen LogP contribution in [0.4, 0.5) is 5.13 Å². The summed E-state index contributed by atoms with van der Waals surface area (Å²) in [7, 11) is 0. The van der Waals surface area contributed by atoms with E-state index in [2.05, 4.69) is 25.9 Å². The number of carbonyl (C=O) groups excluding carboxylic acids is 2. The maximum absolute atomic E-state index is 13.2. The van der Waals surface area contributed by atoms with Gasteiger partial charge in [0.15, 0.2) is 10.8 Å². The van der Waals surface area contributed by atoms with Crippen molar-refractivity contribution < 1.29 is 34.2 Å². The van der Waals surface area contributed by atoms with E-state index >= 15 is 0 Å². The lowest BCUT2D eigenvalue weighted by Gasteiger charge is -2.49. The number of nitrogen functional groups attached to an aromatic ring is 1. The fraction of sp³-hybridized carbons (Fsp3) is 0.348. The van der Waals surface area contributed by atoms with Gasteiger partial charge in [-0.2, -0.15) is 9.64 Å². The number of nitrogens with one attached hydrogen (secondary N) is 2. The highest BCUT2D eigenvalue weighted by Crippen LogP contribution is 2.43. The molecule has 1 fully saturated rings. The van der Waals surface area contributed by atoms with E-state index in [0.29, 0.717) is 20.4 Å². The van der Waals surface area contributed by atoms with Gasteiger partial charge in [-0.3, -0.25) is 19.9 Å². The molecule has 16 nitrogen and oxygen atoms in total. The zero-order chi connectivity index (χ0) is 32.3. The molecule has 0 spiro atoms. The molecule has 0 unspecified atom stereocenters. The predicted octanol–water partition coefficient (Wildman–Crippen LogP) is 1.20. The second kappa shape index (κ2) is 13.4. The van der Waals surface area contributed by atoms with Crippen molar-refractivity contribution in [1.29, 1.82) is 10.7 Å². The van der Waals surface area contributed by atoms with Gasteiger partial charge in [-0.15, -0.1) is 34.9 Å². The number of carboxylic acid groups (broad SMARTS) is 2. The number of aliphatic carboxylic acids is 2. The number of carbonyl (C=O) groups is 4. The third kappa shape index (κ3) is 6.94. The van der Waals surface area contributed by atoms with E-state index in [4.69, 9.17) is 21.7 Å². The summed E-state index contributed by atoms with van der Waals surface area (Å²) in [6.07, 6.45) is 0. The van der Waals surface area contributed by atoms with Crippen molar-refractivity contribution in [3.63, 3.8) is 0 Å². The number of fused-ring (bicyclic) bond motifs is 1. The maximum Gasteiger partial charge on any atom is 0.352 e. The van der Waals surface area contributed by atoms with E-state index in [0.717, 1.165) is 39.5 Å². The Hall–Kier alpha value is -3.84. The van der Waals surface area contributed by atoms with Crippen LogP contribution in [0, 0.1) is 16.7 Å². The molecule has 0 radical (unpaired) electrons. The van der Waals surface area contributed by atoms with Gasteiger partial charge in [0.25, 0.3) is 11.8 Å². The molecule has 0 saturated carbocycles. The number of hydrogen-bond donors (Lipinski definition) is 6. The van der Waals surface area contributed by atoms with Crippen LogP contribution in [-0.2, 0) is 24.0 Å². The smallest absolute Gasteiger partial charge is 0.352 e. The molecule has 1 saturated heterocycles. The molecule has 0 aliphatic carbocycles. The number of amidine groups is 1. The highest BCUT2D eigenvalue weighted by molar-refractivity contribution is 8.02. The molecule has 2 aromatic heterocycles. The number of β-lactam (4-membered cyclic amide) rings is 1. The van der Waals surface area contributed by atoms with E-state index in [9.17, 15) is 34.7 Å². The minimum atomic E-state index is -1.78. The number of nitrogens with two attached hydrogens (primary N) is 2. The minimum absolute atomic E-state index is 0.000738. The van der Waals surface area contributed by atoms with Crippen molar-refractivity contribution in [3.8, 4) is 6.07 Å². The molecule has 4 heterocycles. The van der Waals surface area contributed by atoms with Gasteiger partial charge in [0.1, 0.15) is 45.3 Å². The lowest BCUT2D eigenvalue weighted by atomic mass is 10.0. The Labute approximate surface area is 269 Å². The molecule has 2 atom stereocenters. The normalized spacial score (nSPS) is 18.2. The average Bonchev–Trinajstić information content (AvgIpc) is 3.58. The fourth-order valence-electron chi connectivity index (χ4n) is 3.65. The molecule has 2 aliphatic heterocycles. The quantitative estimate of drug-likeness (QED) is 0.0564. The molecule has 0 aromatic carbocycles. The number of oxime groups is 1. The summed E-state index contributed by atoms with van der Waals surface area (Å²) in [5.41, 5.74) is 9.42. The minimum Gasteiger partial charge on any atom is -0.478 e. The Morgan fingerprint density at radius 2 is 2.09 bits per heavy atom. The van der Waals surface area contributed by atoms with Crippen LogP contribution in [0.25, 0.3) is 0 Å². The summed E-state index contributed by atoms with van der Waals surface area (Å²) in [6, 6.07) is 0.973. The first-order chi connectivity index (χ1) is 20.7. The first kappa shape index (κ1) is 33.1. The second-order valence-corrected chi connectivity index (χ2v) is 14.4. The van der Waals surface area contributed by atoms with Crippen LogP contribution in [0.3, 0.4) is 0 Å². The molecule has 232 valence electrons. The van der Waals surface area contributed by atoms with Crippen LogP contribution >= 0.6 is 58.2 Å². The molecule has 21 heteroatoms. The van der Waals surface area contributed by atoms with Gasteiger partial charge < -0.3 is 31.8 Å². The number of anilines is 1. The summed E-state index contributed by atoms with van der Waals surface area (Å²) in [5.74, 6) is -3.74. The van der Waals surface area contributed by atoms with Crippen molar-refractivity contribution in [2.45, 2.75) is 40.1 Å². The first-order valence-corrected chi connectivity index (χ1v) is 16.8. The van der Waals surface area contributed by atoms with Gasteiger partial charge in [-0.05, 0) is 31.0 Å². The molecular weight excluding hydrogens is 675 g/mol. The monoisotopic (exact) mass is 697 g/mol. The summed E-state index contributed by atoms with van der Waals surface area (Å²) in [4.78, 5) is 60.4. The number of thiazole rings is 1. The van der Waals surface area contributed by atoms with E-state index in [1.807, 2.05) is 0 Å². The zero-order valence-corrected chi connectivity index (χ0v) is 26.8. The molecule has 2 aliphatic rings. The molecule has 2 amide bonds.